The Balaban J connectivity index is 2.47. The van der Waals surface area contributed by atoms with Crippen molar-refractivity contribution in [3.63, 3.8) is 0 Å². The smallest absolute Gasteiger partial charge is 0.328 e. The van der Waals surface area contributed by atoms with Gasteiger partial charge in [-0.1, -0.05) is 23.7 Å². The highest BCUT2D eigenvalue weighted by Gasteiger charge is 2.30. The molecule has 1 N–H and O–H groups in total. The Morgan fingerprint density at radius 1 is 1.11 bits per heavy atom. The highest BCUT2D eigenvalue weighted by molar-refractivity contribution is 6.33. The summed E-state index contributed by atoms with van der Waals surface area (Å²) < 4.78 is 37.2. The lowest BCUT2D eigenvalue weighted by atomic mass is 10.0. The Morgan fingerprint density at radius 3 is 2.28 bits per heavy atom. The van der Waals surface area contributed by atoms with Gasteiger partial charge in [-0.15, -0.1) is 0 Å². The first-order valence-corrected chi connectivity index (χ1v) is 5.31. The van der Waals surface area contributed by atoms with Gasteiger partial charge in [0.2, 0.25) is 5.56 Å². The van der Waals surface area contributed by atoms with Gasteiger partial charge >= 0.3 is 6.18 Å². The van der Waals surface area contributed by atoms with Gasteiger partial charge in [0.05, 0.1) is 10.6 Å². The summed E-state index contributed by atoms with van der Waals surface area (Å²) in [6.07, 6.45) is -3.08. The van der Waals surface area contributed by atoms with Gasteiger partial charge in [-0.25, -0.2) is 0 Å². The van der Waals surface area contributed by atoms with Crippen molar-refractivity contribution >= 4 is 11.6 Å². The second-order valence-electron chi connectivity index (χ2n) is 3.63. The van der Waals surface area contributed by atoms with E-state index in [1.165, 1.54) is 24.4 Å². The molecule has 94 valence electrons. The fourth-order valence-corrected chi connectivity index (χ4v) is 1.73. The van der Waals surface area contributed by atoms with Crippen LogP contribution in [0, 0.1) is 0 Å². The molecule has 0 aliphatic carbocycles. The van der Waals surface area contributed by atoms with E-state index in [9.17, 15) is 18.0 Å². The number of alkyl halides is 3. The molecule has 2 rings (SSSR count). The first-order chi connectivity index (χ1) is 8.38. The number of aromatic amines is 1. The zero-order valence-corrected chi connectivity index (χ0v) is 9.64. The highest BCUT2D eigenvalue weighted by atomic mass is 35.5. The van der Waals surface area contributed by atoms with Crippen molar-refractivity contribution in [2.45, 2.75) is 6.18 Å². The minimum absolute atomic E-state index is 0.273. The van der Waals surface area contributed by atoms with E-state index in [2.05, 4.69) is 4.98 Å². The van der Waals surface area contributed by atoms with Gasteiger partial charge in [0.1, 0.15) is 0 Å². The van der Waals surface area contributed by atoms with Gasteiger partial charge in [-0.2, -0.15) is 13.2 Å². The Kier molecular flexibility index (Phi) is 3.17. The monoisotopic (exact) mass is 273 g/mol. The number of hydrogen-bond acceptors (Lipinski definition) is 1. The first-order valence-electron chi connectivity index (χ1n) is 4.94. The maximum Gasteiger partial charge on any atom is 0.416 e. The van der Waals surface area contributed by atoms with Crippen LogP contribution in [0.4, 0.5) is 13.2 Å². The lowest BCUT2D eigenvalue weighted by Gasteiger charge is -2.08. The average Bonchev–Trinajstić information content (AvgIpc) is 2.31. The molecule has 0 unspecified atom stereocenters. The number of benzene rings is 1. The summed E-state index contributed by atoms with van der Waals surface area (Å²) in [6, 6.07) is 5.71. The van der Waals surface area contributed by atoms with Crippen LogP contribution >= 0.6 is 11.6 Å². The lowest BCUT2D eigenvalue weighted by molar-refractivity contribution is -0.137. The van der Waals surface area contributed by atoms with Crippen LogP contribution in [0.15, 0.2) is 41.3 Å². The van der Waals surface area contributed by atoms with Gasteiger partial charge in [0, 0.05) is 17.8 Å². The largest absolute Gasteiger partial charge is 0.416 e. The number of hydrogen-bond donors (Lipinski definition) is 1. The normalized spacial score (nSPS) is 11.6. The van der Waals surface area contributed by atoms with Crippen LogP contribution in [0.1, 0.15) is 5.56 Å². The average molecular weight is 274 g/mol. The summed E-state index contributed by atoms with van der Waals surface area (Å²) in [4.78, 5) is 13.5. The molecule has 0 aliphatic heterocycles. The second kappa shape index (κ2) is 4.49. The van der Waals surface area contributed by atoms with Gasteiger partial charge in [0.25, 0.3) is 0 Å². The van der Waals surface area contributed by atoms with E-state index < -0.39 is 11.7 Å². The van der Waals surface area contributed by atoms with Gasteiger partial charge in [0.15, 0.2) is 0 Å². The maximum absolute atomic E-state index is 12.4. The molecule has 0 spiro atoms. The Labute approximate surface area is 105 Å². The van der Waals surface area contributed by atoms with Crippen LogP contribution in [0.2, 0.25) is 5.02 Å². The fraction of sp³-hybridized carbons (Fsp3) is 0.0833. The summed E-state index contributed by atoms with van der Waals surface area (Å²) in [7, 11) is 0. The quantitative estimate of drug-likeness (QED) is 0.844. The van der Waals surface area contributed by atoms with Gasteiger partial charge < -0.3 is 4.98 Å². The van der Waals surface area contributed by atoms with Crippen molar-refractivity contribution in [1.82, 2.24) is 4.98 Å². The van der Waals surface area contributed by atoms with Gasteiger partial charge in [-0.05, 0) is 17.7 Å². The molecule has 0 saturated heterocycles. The van der Waals surface area contributed by atoms with Crippen molar-refractivity contribution < 1.29 is 13.2 Å². The number of pyridine rings is 1. The lowest BCUT2D eigenvalue weighted by Crippen LogP contribution is -2.05. The summed E-state index contributed by atoms with van der Waals surface area (Å²) >= 11 is 5.87. The molecule has 0 radical (unpaired) electrons. The fourth-order valence-electron chi connectivity index (χ4n) is 1.51. The Hall–Kier alpha value is -1.75. The topological polar surface area (TPSA) is 32.9 Å². The zero-order valence-electron chi connectivity index (χ0n) is 8.88. The van der Waals surface area contributed by atoms with Crippen molar-refractivity contribution in [3.8, 4) is 11.1 Å². The summed E-state index contributed by atoms with van der Waals surface area (Å²) in [6.45, 7) is 0. The van der Waals surface area contributed by atoms with Crippen LogP contribution in [-0.2, 0) is 6.18 Å². The SMILES string of the molecule is O=c1cc(-c2ccc(C(F)(F)F)cc2)c(Cl)c[nH]1. The molecule has 1 aromatic heterocycles. The minimum Gasteiger partial charge on any atom is -0.328 e. The van der Waals surface area contributed by atoms with E-state index in [0.29, 0.717) is 11.1 Å². The van der Waals surface area contributed by atoms with E-state index in [1.807, 2.05) is 0 Å². The molecule has 0 atom stereocenters. The molecule has 2 nitrogen and oxygen atoms in total. The number of halogens is 4. The molecule has 6 heteroatoms. The van der Waals surface area contributed by atoms with Gasteiger partial charge in [-0.3, -0.25) is 4.79 Å². The van der Waals surface area contributed by atoms with Crippen LogP contribution in [0.3, 0.4) is 0 Å². The molecule has 1 heterocycles. The number of rotatable bonds is 1. The third-order valence-electron chi connectivity index (χ3n) is 2.40. The third-order valence-corrected chi connectivity index (χ3v) is 2.71. The molecule has 0 aliphatic rings. The molecular weight excluding hydrogens is 267 g/mol. The summed E-state index contributed by atoms with van der Waals surface area (Å²) in [5.41, 5.74) is -0.255. The second-order valence-corrected chi connectivity index (χ2v) is 4.04. The van der Waals surface area contributed by atoms with E-state index in [1.54, 1.807) is 0 Å². The summed E-state index contributed by atoms with van der Waals surface area (Å²) in [5.74, 6) is 0. The predicted octanol–water partition coefficient (Wildman–Crippen LogP) is 3.71. The molecule has 0 amide bonds. The number of aromatic nitrogens is 1. The zero-order chi connectivity index (χ0) is 13.3. The third kappa shape index (κ3) is 2.56. The van der Waals surface area contributed by atoms with Crippen LogP contribution < -0.4 is 5.56 Å². The molecule has 0 bridgehead atoms. The van der Waals surface area contributed by atoms with E-state index in [0.717, 1.165) is 12.1 Å². The standard InChI is InChI=1S/C12H7ClF3NO/c13-10-6-17-11(18)5-9(10)7-1-3-8(4-2-7)12(14,15)16/h1-6H,(H,17,18). The Bertz CT molecular complexity index is 616. The van der Waals surface area contributed by atoms with E-state index >= 15 is 0 Å². The molecule has 0 saturated carbocycles. The molecule has 2 aromatic rings. The highest BCUT2D eigenvalue weighted by Crippen LogP contribution is 2.32. The molecule has 18 heavy (non-hydrogen) atoms. The molecule has 0 fully saturated rings. The molecular formula is C12H7ClF3NO. The Morgan fingerprint density at radius 2 is 1.72 bits per heavy atom. The summed E-state index contributed by atoms with van der Waals surface area (Å²) in [5, 5.41) is 0.273. The number of nitrogens with one attached hydrogen (secondary N) is 1. The predicted molar refractivity (Wildman–Crippen MR) is 62.5 cm³/mol. The minimum atomic E-state index is -4.38. The first kappa shape index (κ1) is 12.7. The maximum atomic E-state index is 12.4. The van der Waals surface area contributed by atoms with Crippen LogP contribution in [0.25, 0.3) is 11.1 Å². The van der Waals surface area contributed by atoms with Crippen LogP contribution in [0.5, 0.6) is 0 Å². The molecule has 1 aromatic carbocycles. The van der Waals surface area contributed by atoms with Crippen molar-refractivity contribution in [1.29, 1.82) is 0 Å². The van der Waals surface area contributed by atoms with Crippen molar-refractivity contribution in [2.75, 3.05) is 0 Å². The van der Waals surface area contributed by atoms with E-state index in [-0.39, 0.29) is 10.6 Å². The van der Waals surface area contributed by atoms with E-state index in [4.69, 9.17) is 11.6 Å². The van der Waals surface area contributed by atoms with Crippen LogP contribution in [-0.4, -0.2) is 4.98 Å². The van der Waals surface area contributed by atoms with Crippen molar-refractivity contribution in [2.24, 2.45) is 0 Å². The number of H-pyrrole nitrogens is 1. The van der Waals surface area contributed by atoms with Crippen molar-refractivity contribution in [3.05, 3.63) is 57.5 Å².